The van der Waals surface area contributed by atoms with E-state index in [0.29, 0.717) is 0 Å². The summed E-state index contributed by atoms with van der Waals surface area (Å²) in [5, 5.41) is 3.11. The molecule has 3 aromatic carbocycles. The number of carbonyl (C=O) groups excluding carboxylic acids is 2. The standard InChI is InChI=1S/C27H29Cl2N3O4S/c1-19-9-7-8-12-21(19)17-31(25(27(34)30-2)13-20-10-5-4-6-11-20)26(33)18-32(37(3,35)36)24-15-22(28)14-23(29)16-24/h4-12,14-16,25H,13,17-18H2,1-3H3,(H,30,34). The number of nitrogens with one attached hydrogen (secondary N) is 1. The van der Waals surface area contributed by atoms with Crippen LogP contribution in [0.3, 0.4) is 0 Å². The van der Waals surface area contributed by atoms with Crippen LogP contribution in [0.1, 0.15) is 16.7 Å². The summed E-state index contributed by atoms with van der Waals surface area (Å²) in [6, 6.07) is 20.3. The zero-order chi connectivity index (χ0) is 27.2. The number of halogens is 2. The maximum atomic E-state index is 13.9. The number of sulfonamides is 1. The number of amides is 2. The zero-order valence-electron chi connectivity index (χ0n) is 20.8. The number of hydrogen-bond acceptors (Lipinski definition) is 4. The van der Waals surface area contributed by atoms with Gasteiger partial charge in [0.05, 0.1) is 11.9 Å². The van der Waals surface area contributed by atoms with Crippen LogP contribution in [-0.4, -0.2) is 51.0 Å². The van der Waals surface area contributed by atoms with Crippen molar-refractivity contribution in [2.24, 2.45) is 0 Å². The Morgan fingerprint density at radius 3 is 2.11 bits per heavy atom. The van der Waals surface area contributed by atoms with Crippen LogP contribution >= 0.6 is 23.2 Å². The van der Waals surface area contributed by atoms with Crippen LogP contribution in [0.4, 0.5) is 5.69 Å². The minimum absolute atomic E-state index is 0.115. The molecule has 0 aliphatic heterocycles. The van der Waals surface area contributed by atoms with Crippen LogP contribution in [0, 0.1) is 6.92 Å². The van der Waals surface area contributed by atoms with Crippen LogP contribution in [0.2, 0.25) is 10.0 Å². The van der Waals surface area contributed by atoms with Crippen molar-refractivity contribution in [3.63, 3.8) is 0 Å². The first-order valence-corrected chi connectivity index (χ1v) is 14.1. The third-order valence-electron chi connectivity index (χ3n) is 5.93. The molecule has 0 aromatic heterocycles. The molecule has 0 aliphatic rings. The smallest absolute Gasteiger partial charge is 0.244 e. The highest BCUT2D eigenvalue weighted by atomic mass is 35.5. The summed E-state index contributed by atoms with van der Waals surface area (Å²) in [5.41, 5.74) is 2.80. The van der Waals surface area contributed by atoms with Gasteiger partial charge >= 0.3 is 0 Å². The van der Waals surface area contributed by atoms with Crippen LogP contribution in [0.5, 0.6) is 0 Å². The Bertz CT molecular complexity index is 1350. The van der Waals surface area contributed by atoms with Gasteiger partial charge in [-0.15, -0.1) is 0 Å². The number of nitrogens with zero attached hydrogens (tertiary/aromatic N) is 2. The lowest BCUT2D eigenvalue weighted by atomic mass is 10.0. The maximum absolute atomic E-state index is 13.9. The molecule has 0 bridgehead atoms. The third kappa shape index (κ3) is 7.71. The molecule has 2 amide bonds. The molecule has 1 unspecified atom stereocenters. The van der Waals surface area contributed by atoms with Crippen LogP contribution in [0.15, 0.2) is 72.8 Å². The Labute approximate surface area is 228 Å². The monoisotopic (exact) mass is 561 g/mol. The van der Waals surface area contributed by atoms with Gasteiger partial charge in [0.15, 0.2) is 0 Å². The molecule has 0 saturated heterocycles. The molecule has 7 nitrogen and oxygen atoms in total. The van der Waals surface area contributed by atoms with Crippen molar-refractivity contribution in [1.29, 1.82) is 0 Å². The van der Waals surface area contributed by atoms with Crippen molar-refractivity contribution in [2.75, 3.05) is 24.2 Å². The average Bonchev–Trinajstić information content (AvgIpc) is 2.84. The largest absolute Gasteiger partial charge is 0.357 e. The lowest BCUT2D eigenvalue weighted by molar-refractivity contribution is -0.139. The molecule has 10 heteroatoms. The van der Waals surface area contributed by atoms with Crippen LogP contribution < -0.4 is 9.62 Å². The summed E-state index contributed by atoms with van der Waals surface area (Å²) in [4.78, 5) is 28.4. The van der Waals surface area contributed by atoms with E-state index in [1.165, 1.54) is 30.1 Å². The molecule has 3 aromatic rings. The minimum atomic E-state index is -3.90. The van der Waals surface area contributed by atoms with Crippen LogP contribution in [-0.2, 0) is 32.6 Å². The normalized spacial score (nSPS) is 12.0. The summed E-state index contributed by atoms with van der Waals surface area (Å²) < 4.78 is 26.5. The lowest BCUT2D eigenvalue weighted by Gasteiger charge is -2.33. The summed E-state index contributed by atoms with van der Waals surface area (Å²) in [5.74, 6) is -0.906. The maximum Gasteiger partial charge on any atom is 0.244 e. The molecule has 3 rings (SSSR count). The third-order valence-corrected chi connectivity index (χ3v) is 7.51. The predicted octanol–water partition coefficient (Wildman–Crippen LogP) is 4.45. The van der Waals surface area contributed by atoms with Gasteiger partial charge in [-0.05, 0) is 41.8 Å². The van der Waals surface area contributed by atoms with E-state index in [0.717, 1.165) is 27.3 Å². The number of likely N-dealkylation sites (N-methyl/N-ethyl adjacent to an activating group) is 1. The fraction of sp³-hybridized carbons (Fsp3) is 0.259. The first kappa shape index (κ1) is 28.5. The Morgan fingerprint density at radius 1 is 0.946 bits per heavy atom. The molecule has 0 spiro atoms. The van der Waals surface area contributed by atoms with Gasteiger partial charge in [0.25, 0.3) is 0 Å². The number of rotatable bonds is 10. The topological polar surface area (TPSA) is 86.8 Å². The minimum Gasteiger partial charge on any atom is -0.357 e. The number of hydrogen-bond donors (Lipinski definition) is 1. The van der Waals surface area contributed by atoms with Gasteiger partial charge in [-0.2, -0.15) is 0 Å². The first-order valence-electron chi connectivity index (χ1n) is 11.5. The van der Waals surface area contributed by atoms with Crippen molar-refractivity contribution < 1.29 is 18.0 Å². The Morgan fingerprint density at radius 2 is 1.54 bits per heavy atom. The van der Waals surface area contributed by atoms with Gasteiger partial charge in [-0.1, -0.05) is 77.8 Å². The SMILES string of the molecule is CNC(=O)C(Cc1ccccc1)N(Cc1ccccc1C)C(=O)CN(c1cc(Cl)cc(Cl)c1)S(C)(=O)=O. The Kier molecular flexibility index (Phi) is 9.59. The Balaban J connectivity index is 2.06. The second-order valence-electron chi connectivity index (χ2n) is 8.67. The van der Waals surface area contributed by atoms with E-state index in [1.54, 1.807) is 0 Å². The highest BCUT2D eigenvalue weighted by Gasteiger charge is 2.33. The first-order chi connectivity index (χ1) is 17.5. The average molecular weight is 563 g/mol. The molecule has 0 aliphatic carbocycles. The number of anilines is 1. The van der Waals surface area contributed by atoms with E-state index < -0.39 is 28.5 Å². The molecule has 1 N–H and O–H groups in total. The Hall–Kier alpha value is -3.07. The number of aryl methyl sites for hydroxylation is 1. The molecule has 37 heavy (non-hydrogen) atoms. The summed E-state index contributed by atoms with van der Waals surface area (Å²) in [7, 11) is -2.40. The van der Waals surface area contributed by atoms with E-state index in [-0.39, 0.29) is 34.6 Å². The highest BCUT2D eigenvalue weighted by Crippen LogP contribution is 2.27. The number of carbonyl (C=O) groups is 2. The van der Waals surface area contributed by atoms with Crippen molar-refractivity contribution in [1.82, 2.24) is 10.2 Å². The van der Waals surface area contributed by atoms with Gasteiger partial charge in [0.2, 0.25) is 21.8 Å². The molecular weight excluding hydrogens is 533 g/mol. The lowest BCUT2D eigenvalue weighted by Crippen LogP contribution is -2.53. The van der Waals surface area contributed by atoms with Gasteiger partial charge in [0, 0.05) is 30.1 Å². The van der Waals surface area contributed by atoms with E-state index in [1.807, 2.05) is 61.5 Å². The molecule has 0 saturated carbocycles. The van der Waals surface area contributed by atoms with Crippen LogP contribution in [0.25, 0.3) is 0 Å². The second kappa shape index (κ2) is 12.4. The van der Waals surface area contributed by atoms with E-state index in [4.69, 9.17) is 23.2 Å². The summed E-state index contributed by atoms with van der Waals surface area (Å²) >= 11 is 12.2. The summed E-state index contributed by atoms with van der Waals surface area (Å²) in [6.45, 7) is 1.49. The zero-order valence-corrected chi connectivity index (χ0v) is 23.1. The van der Waals surface area contributed by atoms with E-state index >= 15 is 0 Å². The predicted molar refractivity (Wildman–Crippen MR) is 148 cm³/mol. The quantitative estimate of drug-likeness (QED) is 0.396. The van der Waals surface area contributed by atoms with Crippen molar-refractivity contribution >= 4 is 50.7 Å². The number of benzene rings is 3. The van der Waals surface area contributed by atoms with Gasteiger partial charge in [-0.3, -0.25) is 13.9 Å². The molecule has 0 fully saturated rings. The van der Waals surface area contributed by atoms with Gasteiger partial charge < -0.3 is 10.2 Å². The van der Waals surface area contributed by atoms with E-state index in [9.17, 15) is 18.0 Å². The van der Waals surface area contributed by atoms with Crippen molar-refractivity contribution in [3.05, 3.63) is 99.5 Å². The molecule has 0 radical (unpaired) electrons. The van der Waals surface area contributed by atoms with E-state index in [2.05, 4.69) is 5.32 Å². The van der Waals surface area contributed by atoms with Crippen molar-refractivity contribution in [2.45, 2.75) is 25.9 Å². The molecule has 0 heterocycles. The molecular formula is C27H29Cl2N3O4S. The van der Waals surface area contributed by atoms with Gasteiger partial charge in [-0.25, -0.2) is 8.42 Å². The van der Waals surface area contributed by atoms with Gasteiger partial charge in [0.1, 0.15) is 12.6 Å². The van der Waals surface area contributed by atoms with Crippen molar-refractivity contribution in [3.8, 4) is 0 Å². The highest BCUT2D eigenvalue weighted by molar-refractivity contribution is 7.92. The fourth-order valence-electron chi connectivity index (χ4n) is 3.99. The summed E-state index contributed by atoms with van der Waals surface area (Å²) in [6.07, 6.45) is 1.25. The molecule has 1 atom stereocenters. The molecule has 196 valence electrons. The fourth-order valence-corrected chi connectivity index (χ4v) is 5.34. The second-order valence-corrected chi connectivity index (χ2v) is 11.4.